The van der Waals surface area contributed by atoms with Crippen LogP contribution >= 0.6 is 12.4 Å². The van der Waals surface area contributed by atoms with E-state index < -0.39 is 32.9 Å². The van der Waals surface area contributed by atoms with Crippen molar-refractivity contribution in [3.63, 3.8) is 0 Å². The van der Waals surface area contributed by atoms with E-state index in [-0.39, 0.29) is 30.4 Å². The lowest BCUT2D eigenvalue weighted by atomic mass is 9.86. The molecule has 0 spiro atoms. The van der Waals surface area contributed by atoms with Gasteiger partial charge in [0.15, 0.2) is 11.6 Å². The van der Waals surface area contributed by atoms with Crippen LogP contribution in [-0.4, -0.2) is 44.9 Å². The smallest absolute Gasteiger partial charge is 0.217 e. The van der Waals surface area contributed by atoms with Crippen molar-refractivity contribution >= 4 is 22.4 Å². The Hall–Kier alpha value is -0.840. The monoisotopic (exact) mass is 410 g/mol. The van der Waals surface area contributed by atoms with E-state index in [0.717, 1.165) is 12.1 Å². The van der Waals surface area contributed by atoms with E-state index in [1.54, 1.807) is 0 Å². The van der Waals surface area contributed by atoms with Gasteiger partial charge in [-0.05, 0) is 44.5 Å². The number of piperidine rings is 1. The molecule has 2 aliphatic rings. The summed E-state index contributed by atoms with van der Waals surface area (Å²) >= 11 is 0. The van der Waals surface area contributed by atoms with Crippen molar-refractivity contribution < 1.29 is 17.2 Å². The van der Waals surface area contributed by atoms with Gasteiger partial charge in [-0.3, -0.25) is 10.9 Å². The molecule has 2 aliphatic heterocycles. The number of halogens is 3. The van der Waals surface area contributed by atoms with Gasteiger partial charge in [-0.2, -0.15) is 0 Å². The Morgan fingerprint density at radius 3 is 2.38 bits per heavy atom. The molecular formula is C16H25ClF2N4O2S. The van der Waals surface area contributed by atoms with Crippen LogP contribution in [-0.2, 0) is 10.0 Å². The molecule has 4 N–H and O–H groups in total. The molecule has 148 valence electrons. The summed E-state index contributed by atoms with van der Waals surface area (Å²) in [5, 5.41) is 2.56. The highest BCUT2D eigenvalue weighted by molar-refractivity contribution is 7.90. The average molecular weight is 411 g/mol. The first-order chi connectivity index (χ1) is 11.8. The van der Waals surface area contributed by atoms with E-state index >= 15 is 0 Å². The number of nitrogens with one attached hydrogen (secondary N) is 4. The summed E-state index contributed by atoms with van der Waals surface area (Å²) in [5.74, 6) is -2.02. The number of hydrazine groups is 1. The summed E-state index contributed by atoms with van der Waals surface area (Å²) < 4.78 is 55.3. The SMILES string of the molecule is CC1NNC(C)C1S(=O)(=O)NC1CNCCC1c1ccc(F)c(F)c1.Cl. The summed E-state index contributed by atoms with van der Waals surface area (Å²) in [4.78, 5) is 0. The number of benzene rings is 1. The molecular weight excluding hydrogens is 386 g/mol. The zero-order valence-corrected chi connectivity index (χ0v) is 16.3. The molecule has 0 aromatic heterocycles. The van der Waals surface area contributed by atoms with Gasteiger partial charge in [0.1, 0.15) is 5.25 Å². The van der Waals surface area contributed by atoms with E-state index in [9.17, 15) is 17.2 Å². The Bertz CT molecular complexity index is 727. The molecule has 2 heterocycles. The second kappa shape index (κ2) is 8.45. The Morgan fingerprint density at radius 1 is 1.12 bits per heavy atom. The molecule has 2 fully saturated rings. The molecule has 1 aromatic rings. The van der Waals surface area contributed by atoms with Crippen LogP contribution in [0.3, 0.4) is 0 Å². The highest BCUT2D eigenvalue weighted by Crippen LogP contribution is 2.28. The number of sulfonamides is 1. The van der Waals surface area contributed by atoms with Gasteiger partial charge < -0.3 is 5.32 Å². The minimum absolute atomic E-state index is 0. The van der Waals surface area contributed by atoms with Crippen molar-refractivity contribution in [2.45, 2.75) is 49.6 Å². The Kier molecular flexibility index (Phi) is 6.98. The van der Waals surface area contributed by atoms with Gasteiger partial charge >= 0.3 is 0 Å². The summed E-state index contributed by atoms with van der Waals surface area (Å²) in [6.07, 6.45) is 0.643. The maximum atomic E-state index is 13.6. The summed E-state index contributed by atoms with van der Waals surface area (Å²) in [6, 6.07) is 2.91. The first kappa shape index (κ1) is 21.5. The lowest BCUT2D eigenvalue weighted by Crippen LogP contribution is -2.54. The average Bonchev–Trinajstić information content (AvgIpc) is 2.90. The number of hydrogen-bond donors (Lipinski definition) is 4. The molecule has 1 aromatic carbocycles. The van der Waals surface area contributed by atoms with Crippen LogP contribution in [0.15, 0.2) is 18.2 Å². The van der Waals surface area contributed by atoms with E-state index in [4.69, 9.17) is 0 Å². The number of hydrogen-bond acceptors (Lipinski definition) is 5. The van der Waals surface area contributed by atoms with E-state index in [1.807, 2.05) is 13.8 Å². The second-order valence-corrected chi connectivity index (χ2v) is 8.74. The molecule has 0 amide bonds. The lowest BCUT2D eigenvalue weighted by Gasteiger charge is -2.34. The van der Waals surface area contributed by atoms with Crippen molar-refractivity contribution in [1.82, 2.24) is 20.9 Å². The largest absolute Gasteiger partial charge is 0.315 e. The second-order valence-electron chi connectivity index (χ2n) is 6.87. The first-order valence-corrected chi connectivity index (χ1v) is 10.0. The maximum absolute atomic E-state index is 13.6. The lowest BCUT2D eigenvalue weighted by molar-refractivity contribution is 0.374. The van der Waals surface area contributed by atoms with Gasteiger partial charge in [-0.1, -0.05) is 6.07 Å². The minimum Gasteiger partial charge on any atom is -0.315 e. The van der Waals surface area contributed by atoms with Crippen LogP contribution < -0.4 is 20.9 Å². The van der Waals surface area contributed by atoms with Gasteiger partial charge in [0.2, 0.25) is 10.0 Å². The molecule has 10 heteroatoms. The minimum atomic E-state index is -3.60. The molecule has 4 atom stereocenters. The van der Waals surface area contributed by atoms with E-state index in [2.05, 4.69) is 20.9 Å². The van der Waals surface area contributed by atoms with Gasteiger partial charge in [0.25, 0.3) is 0 Å². The zero-order chi connectivity index (χ0) is 18.2. The third kappa shape index (κ3) is 4.35. The topological polar surface area (TPSA) is 82.3 Å². The number of rotatable bonds is 4. The first-order valence-electron chi connectivity index (χ1n) is 8.47. The summed E-state index contributed by atoms with van der Waals surface area (Å²) in [6.45, 7) is 4.76. The fraction of sp³-hybridized carbons (Fsp3) is 0.625. The Labute approximate surface area is 158 Å². The fourth-order valence-corrected chi connectivity index (χ4v) is 5.85. The van der Waals surface area contributed by atoms with Crippen LogP contribution in [0, 0.1) is 11.6 Å². The third-order valence-electron chi connectivity index (χ3n) is 5.05. The van der Waals surface area contributed by atoms with Gasteiger partial charge in [-0.15, -0.1) is 12.4 Å². The molecule has 0 radical (unpaired) electrons. The van der Waals surface area contributed by atoms with Crippen LogP contribution in [0.2, 0.25) is 0 Å². The summed E-state index contributed by atoms with van der Waals surface area (Å²) in [7, 11) is -3.60. The van der Waals surface area contributed by atoms with Crippen molar-refractivity contribution in [1.29, 1.82) is 0 Å². The third-order valence-corrected chi connectivity index (χ3v) is 7.22. The van der Waals surface area contributed by atoms with Crippen LogP contribution in [0.4, 0.5) is 8.78 Å². The van der Waals surface area contributed by atoms with Gasteiger partial charge in [0.05, 0.1) is 0 Å². The standard InChI is InChI=1S/C16H24F2N4O2S.ClH/c1-9-16(10(2)21-20-9)25(23,24)22-15-8-19-6-5-12(15)11-3-4-13(17)14(18)7-11;/h3-4,7,9-10,12,15-16,19-22H,5-6,8H2,1-2H3;1H. The van der Waals surface area contributed by atoms with Crippen molar-refractivity contribution in [2.75, 3.05) is 13.1 Å². The fourth-order valence-electron chi connectivity index (χ4n) is 3.81. The molecule has 2 saturated heterocycles. The van der Waals surface area contributed by atoms with Crippen molar-refractivity contribution in [2.24, 2.45) is 0 Å². The Morgan fingerprint density at radius 2 is 1.77 bits per heavy atom. The maximum Gasteiger partial charge on any atom is 0.217 e. The van der Waals surface area contributed by atoms with Crippen LogP contribution in [0.25, 0.3) is 0 Å². The van der Waals surface area contributed by atoms with Crippen molar-refractivity contribution in [3.8, 4) is 0 Å². The summed E-state index contributed by atoms with van der Waals surface area (Å²) in [5.41, 5.74) is 6.49. The molecule has 3 rings (SSSR count). The zero-order valence-electron chi connectivity index (χ0n) is 14.6. The van der Waals surface area contributed by atoms with Crippen molar-refractivity contribution in [3.05, 3.63) is 35.4 Å². The molecule has 26 heavy (non-hydrogen) atoms. The van der Waals surface area contributed by atoms with Gasteiger partial charge in [0, 0.05) is 30.6 Å². The molecule has 0 aliphatic carbocycles. The quantitative estimate of drug-likeness (QED) is 0.595. The highest BCUT2D eigenvalue weighted by atomic mass is 35.5. The van der Waals surface area contributed by atoms with Crippen LogP contribution in [0.5, 0.6) is 0 Å². The molecule has 0 bridgehead atoms. The predicted molar refractivity (Wildman–Crippen MR) is 98.7 cm³/mol. The molecule has 0 saturated carbocycles. The van der Waals surface area contributed by atoms with E-state index in [0.29, 0.717) is 25.1 Å². The Balaban J connectivity index is 0.00000243. The molecule has 4 unspecified atom stereocenters. The normalized spacial score (nSPS) is 32.2. The highest BCUT2D eigenvalue weighted by Gasteiger charge is 2.42. The van der Waals surface area contributed by atoms with Gasteiger partial charge in [-0.25, -0.2) is 21.9 Å². The molecule has 6 nitrogen and oxygen atoms in total. The predicted octanol–water partition coefficient (Wildman–Crippen LogP) is 1.00. The van der Waals surface area contributed by atoms with Crippen LogP contribution in [0.1, 0.15) is 31.7 Å². The van der Waals surface area contributed by atoms with E-state index in [1.165, 1.54) is 6.07 Å².